The Hall–Kier alpha value is -1.03. The Balaban J connectivity index is 2.26. The quantitative estimate of drug-likeness (QED) is 0.511. The summed E-state index contributed by atoms with van der Waals surface area (Å²) in [4.78, 5) is 4.51. The molecule has 2 aromatic carbocycles. The Morgan fingerprint density at radius 2 is 1.90 bits per heavy atom. The lowest BCUT2D eigenvalue weighted by molar-refractivity contribution is 0.617. The van der Waals surface area contributed by atoms with Gasteiger partial charge in [-0.05, 0) is 65.2 Å². The van der Waals surface area contributed by atoms with Crippen LogP contribution in [0, 0.1) is 13.8 Å². The molecule has 0 aliphatic carbocycles. The van der Waals surface area contributed by atoms with E-state index in [1.54, 1.807) is 12.1 Å². The van der Waals surface area contributed by atoms with Crippen molar-refractivity contribution in [3.63, 3.8) is 0 Å². The highest BCUT2D eigenvalue weighted by molar-refractivity contribution is 9.10. The zero-order valence-electron chi connectivity index (χ0n) is 10.8. The Morgan fingerprint density at radius 3 is 2.60 bits per heavy atom. The Bertz CT molecular complexity index is 826. The zero-order chi connectivity index (χ0) is 14.4. The first kappa shape index (κ1) is 13.9. The summed E-state index contributed by atoms with van der Waals surface area (Å²) in [6.07, 6.45) is 0. The molecule has 3 rings (SSSR count). The molecule has 0 N–H and O–H groups in total. The lowest BCUT2D eigenvalue weighted by atomic mass is 10.1. The van der Waals surface area contributed by atoms with Crippen molar-refractivity contribution in [3.8, 4) is 11.5 Å². The number of nitrogens with zero attached hydrogens (tertiary/aromatic N) is 1. The molecule has 1 heterocycles. The summed E-state index contributed by atoms with van der Waals surface area (Å²) in [5, 5.41) is 1.11. The lowest BCUT2D eigenvalue weighted by Gasteiger charge is -2.01. The van der Waals surface area contributed by atoms with Gasteiger partial charge in [-0.15, -0.1) is 0 Å². The number of fused-ring (bicyclic) bond motifs is 1. The molecule has 1 aromatic heterocycles. The average Bonchev–Trinajstić information content (AvgIpc) is 2.80. The molecular weight excluding hydrogens is 361 g/mol. The molecule has 20 heavy (non-hydrogen) atoms. The van der Waals surface area contributed by atoms with Crippen LogP contribution >= 0.6 is 39.1 Å². The summed E-state index contributed by atoms with van der Waals surface area (Å²) in [7, 11) is 0. The molecular formula is C15H10BrCl2NO. The fourth-order valence-electron chi connectivity index (χ4n) is 2.02. The Morgan fingerprint density at radius 1 is 1.15 bits per heavy atom. The number of aryl methyl sites for hydroxylation is 1. The predicted octanol–water partition coefficient (Wildman–Crippen LogP) is 6.18. The van der Waals surface area contributed by atoms with E-state index in [1.807, 2.05) is 26.0 Å². The lowest BCUT2D eigenvalue weighted by Crippen LogP contribution is -1.83. The molecule has 0 radical (unpaired) electrons. The van der Waals surface area contributed by atoms with Crippen molar-refractivity contribution in [2.75, 3.05) is 0 Å². The van der Waals surface area contributed by atoms with Crippen LogP contribution in [-0.2, 0) is 0 Å². The van der Waals surface area contributed by atoms with Crippen LogP contribution in [0.1, 0.15) is 11.1 Å². The van der Waals surface area contributed by atoms with Crippen molar-refractivity contribution in [2.24, 2.45) is 0 Å². The second-order valence-electron chi connectivity index (χ2n) is 4.62. The van der Waals surface area contributed by atoms with Crippen molar-refractivity contribution in [1.82, 2.24) is 4.98 Å². The van der Waals surface area contributed by atoms with E-state index in [0.29, 0.717) is 15.9 Å². The first-order valence-electron chi connectivity index (χ1n) is 5.99. The van der Waals surface area contributed by atoms with Gasteiger partial charge >= 0.3 is 0 Å². The maximum atomic E-state index is 6.20. The van der Waals surface area contributed by atoms with Crippen molar-refractivity contribution in [2.45, 2.75) is 13.8 Å². The highest BCUT2D eigenvalue weighted by Crippen LogP contribution is 2.36. The fraction of sp³-hybridized carbons (Fsp3) is 0.133. The molecule has 0 unspecified atom stereocenters. The van der Waals surface area contributed by atoms with E-state index in [4.69, 9.17) is 27.6 Å². The normalized spacial score (nSPS) is 11.2. The monoisotopic (exact) mass is 369 g/mol. The zero-order valence-corrected chi connectivity index (χ0v) is 13.9. The third-order valence-corrected chi connectivity index (χ3v) is 4.79. The van der Waals surface area contributed by atoms with Crippen LogP contribution in [0.4, 0.5) is 0 Å². The minimum absolute atomic E-state index is 0.493. The van der Waals surface area contributed by atoms with Crippen LogP contribution < -0.4 is 0 Å². The number of halogens is 3. The number of oxazole rings is 1. The van der Waals surface area contributed by atoms with Crippen LogP contribution in [0.25, 0.3) is 22.6 Å². The predicted molar refractivity (Wildman–Crippen MR) is 86.6 cm³/mol. The Kier molecular flexibility index (Phi) is 3.53. The maximum absolute atomic E-state index is 6.20. The molecule has 0 atom stereocenters. The van der Waals surface area contributed by atoms with E-state index in [-0.39, 0.29) is 0 Å². The molecule has 0 aliphatic rings. The van der Waals surface area contributed by atoms with Gasteiger partial charge in [-0.1, -0.05) is 23.2 Å². The van der Waals surface area contributed by atoms with Gasteiger partial charge in [0.05, 0.1) is 15.1 Å². The maximum Gasteiger partial charge on any atom is 0.228 e. The van der Waals surface area contributed by atoms with Gasteiger partial charge < -0.3 is 4.42 Å². The summed E-state index contributed by atoms with van der Waals surface area (Å²) >= 11 is 15.7. The summed E-state index contributed by atoms with van der Waals surface area (Å²) < 4.78 is 6.78. The van der Waals surface area contributed by atoms with Gasteiger partial charge in [-0.25, -0.2) is 4.98 Å². The SMILES string of the molecule is Cc1cc2nc(-c3ccc(Cl)cc3Cl)oc2c(Br)c1C. The number of hydrogen-bond donors (Lipinski definition) is 0. The van der Waals surface area contributed by atoms with E-state index in [0.717, 1.165) is 32.3 Å². The van der Waals surface area contributed by atoms with Gasteiger partial charge in [0.15, 0.2) is 5.58 Å². The highest BCUT2D eigenvalue weighted by Gasteiger charge is 2.15. The second-order valence-corrected chi connectivity index (χ2v) is 6.26. The third-order valence-electron chi connectivity index (χ3n) is 3.29. The van der Waals surface area contributed by atoms with Crippen LogP contribution in [0.2, 0.25) is 10.0 Å². The van der Waals surface area contributed by atoms with E-state index >= 15 is 0 Å². The van der Waals surface area contributed by atoms with Gasteiger partial charge in [-0.2, -0.15) is 0 Å². The number of rotatable bonds is 1. The van der Waals surface area contributed by atoms with Crippen LogP contribution in [0.15, 0.2) is 33.2 Å². The summed E-state index contributed by atoms with van der Waals surface area (Å²) in [5.74, 6) is 0.493. The highest BCUT2D eigenvalue weighted by atomic mass is 79.9. The molecule has 0 saturated carbocycles. The molecule has 0 bridgehead atoms. The first-order valence-corrected chi connectivity index (χ1v) is 7.54. The third kappa shape index (κ3) is 2.24. The molecule has 5 heteroatoms. The summed E-state index contributed by atoms with van der Waals surface area (Å²) in [6.45, 7) is 4.08. The number of hydrogen-bond acceptors (Lipinski definition) is 2. The van der Waals surface area contributed by atoms with Crippen LogP contribution in [-0.4, -0.2) is 4.98 Å². The molecule has 0 amide bonds. The van der Waals surface area contributed by atoms with Gasteiger partial charge in [0.25, 0.3) is 0 Å². The summed E-state index contributed by atoms with van der Waals surface area (Å²) in [5.41, 5.74) is 4.57. The van der Waals surface area contributed by atoms with E-state index in [9.17, 15) is 0 Å². The van der Waals surface area contributed by atoms with Crippen molar-refractivity contribution < 1.29 is 4.42 Å². The molecule has 3 aromatic rings. The van der Waals surface area contributed by atoms with Crippen molar-refractivity contribution >= 4 is 50.2 Å². The van der Waals surface area contributed by atoms with Crippen LogP contribution in [0.3, 0.4) is 0 Å². The Labute approximate surface area is 134 Å². The van der Waals surface area contributed by atoms with Gasteiger partial charge in [0, 0.05) is 5.02 Å². The largest absolute Gasteiger partial charge is 0.435 e. The second kappa shape index (κ2) is 5.06. The van der Waals surface area contributed by atoms with E-state index in [1.165, 1.54) is 0 Å². The first-order chi connectivity index (χ1) is 9.47. The average molecular weight is 371 g/mol. The van der Waals surface area contributed by atoms with Crippen molar-refractivity contribution in [3.05, 3.63) is 49.9 Å². The van der Waals surface area contributed by atoms with E-state index in [2.05, 4.69) is 20.9 Å². The van der Waals surface area contributed by atoms with Crippen LogP contribution in [0.5, 0.6) is 0 Å². The molecule has 102 valence electrons. The van der Waals surface area contributed by atoms with Gasteiger partial charge in [-0.3, -0.25) is 0 Å². The van der Waals surface area contributed by atoms with Gasteiger partial charge in [0.1, 0.15) is 5.52 Å². The molecule has 0 spiro atoms. The number of aromatic nitrogens is 1. The minimum Gasteiger partial charge on any atom is -0.435 e. The topological polar surface area (TPSA) is 26.0 Å². The molecule has 2 nitrogen and oxygen atoms in total. The van der Waals surface area contributed by atoms with Gasteiger partial charge in [0.2, 0.25) is 5.89 Å². The number of benzene rings is 2. The minimum atomic E-state index is 0.493. The smallest absolute Gasteiger partial charge is 0.228 e. The fourth-order valence-corrected chi connectivity index (χ4v) is 3.11. The summed E-state index contributed by atoms with van der Waals surface area (Å²) in [6, 6.07) is 7.26. The standard InChI is InChI=1S/C15H10BrCl2NO/c1-7-5-12-14(13(16)8(7)2)20-15(19-12)10-4-3-9(17)6-11(10)18/h3-6H,1-2H3. The van der Waals surface area contributed by atoms with E-state index < -0.39 is 0 Å². The molecule has 0 aliphatic heterocycles. The molecule has 0 fully saturated rings. The van der Waals surface area contributed by atoms with Crippen molar-refractivity contribution in [1.29, 1.82) is 0 Å². The molecule has 0 saturated heterocycles.